The van der Waals surface area contributed by atoms with E-state index < -0.39 is 12.3 Å². The number of amides is 2. The van der Waals surface area contributed by atoms with E-state index in [4.69, 9.17) is 14.5 Å². The third-order valence-corrected chi connectivity index (χ3v) is 7.31. The second-order valence-corrected chi connectivity index (χ2v) is 10.3. The fraction of sp³-hybridized carbons (Fsp3) is 0.538. The lowest BCUT2D eigenvalue weighted by Crippen LogP contribution is -2.48. The lowest BCUT2D eigenvalue weighted by atomic mass is 9.61. The van der Waals surface area contributed by atoms with E-state index in [2.05, 4.69) is 10.3 Å². The zero-order valence-corrected chi connectivity index (χ0v) is 20.9. The number of hydrogen-bond acceptors (Lipinski definition) is 6. The van der Waals surface area contributed by atoms with E-state index in [0.29, 0.717) is 30.9 Å². The number of nitrogens with zero attached hydrogens (tertiary/aromatic N) is 4. The molecule has 4 fully saturated rings. The molecule has 9 nitrogen and oxygen atoms in total. The number of halogens is 1. The lowest BCUT2D eigenvalue weighted by Gasteiger charge is -2.41. The van der Waals surface area contributed by atoms with Crippen molar-refractivity contribution in [3.63, 3.8) is 0 Å². The number of alkyl halides is 1. The summed E-state index contributed by atoms with van der Waals surface area (Å²) in [6.07, 6.45) is 13.3. The molecule has 6 rings (SSSR count). The van der Waals surface area contributed by atoms with Crippen molar-refractivity contribution < 1.29 is 23.5 Å². The number of carbonyl (C=O) groups is 2. The maximum atomic E-state index is 13.4. The van der Waals surface area contributed by atoms with Crippen LogP contribution in [0.3, 0.4) is 0 Å². The molecule has 2 aliphatic carbocycles. The van der Waals surface area contributed by atoms with Crippen LogP contribution in [0.5, 0.6) is 5.88 Å². The summed E-state index contributed by atoms with van der Waals surface area (Å²) in [7, 11) is 0. The van der Waals surface area contributed by atoms with Crippen LogP contribution in [0.15, 0.2) is 36.4 Å². The predicted molar refractivity (Wildman–Crippen MR) is 130 cm³/mol. The number of nitrogens with one attached hydrogen (secondary N) is 1. The average molecular weight is 498 g/mol. The van der Waals surface area contributed by atoms with Crippen molar-refractivity contribution in [3.8, 4) is 5.88 Å². The molecule has 36 heavy (non-hydrogen) atoms. The van der Waals surface area contributed by atoms with Gasteiger partial charge in [0.2, 0.25) is 18.1 Å². The van der Waals surface area contributed by atoms with Gasteiger partial charge in [-0.05, 0) is 58.1 Å². The van der Waals surface area contributed by atoms with Gasteiger partial charge in [-0.25, -0.2) is 9.37 Å². The molecule has 4 aliphatic rings. The van der Waals surface area contributed by atoms with Crippen molar-refractivity contribution in [3.05, 3.63) is 47.7 Å². The molecule has 4 heterocycles. The summed E-state index contributed by atoms with van der Waals surface area (Å²) in [6.45, 7) is 5.62. The van der Waals surface area contributed by atoms with Crippen molar-refractivity contribution >= 4 is 18.1 Å². The van der Waals surface area contributed by atoms with E-state index >= 15 is 0 Å². The molecule has 1 atom stereocenters. The van der Waals surface area contributed by atoms with Gasteiger partial charge in [0.1, 0.15) is 12.2 Å². The monoisotopic (exact) mass is 497 g/mol. The van der Waals surface area contributed by atoms with E-state index in [9.17, 15) is 14.0 Å². The van der Waals surface area contributed by atoms with E-state index in [-0.39, 0.29) is 34.9 Å². The van der Waals surface area contributed by atoms with Crippen molar-refractivity contribution in [2.24, 2.45) is 0 Å². The molecule has 2 aromatic heterocycles. The van der Waals surface area contributed by atoms with Gasteiger partial charge in [0.05, 0.1) is 24.0 Å². The molecule has 2 saturated heterocycles. The number of ether oxygens (including phenoxy) is 2. The maximum Gasteiger partial charge on any atom is 0.262 e. The van der Waals surface area contributed by atoms with Gasteiger partial charge in [0.15, 0.2) is 0 Å². The van der Waals surface area contributed by atoms with Crippen LogP contribution in [-0.2, 0) is 14.9 Å². The first-order valence-electron chi connectivity index (χ1n) is 12.5. The number of hydrogen-bond donors (Lipinski definition) is 1. The molecule has 2 amide bonds. The van der Waals surface area contributed by atoms with Crippen LogP contribution >= 0.6 is 0 Å². The second-order valence-electron chi connectivity index (χ2n) is 10.3. The van der Waals surface area contributed by atoms with Crippen LogP contribution < -0.4 is 10.1 Å². The molecule has 1 unspecified atom stereocenters. The molecule has 10 heteroatoms. The van der Waals surface area contributed by atoms with Crippen LogP contribution in [0.4, 0.5) is 4.39 Å². The van der Waals surface area contributed by atoms with Gasteiger partial charge in [0, 0.05) is 35.7 Å². The van der Waals surface area contributed by atoms with E-state index in [1.807, 2.05) is 20.0 Å². The van der Waals surface area contributed by atoms with E-state index in [0.717, 1.165) is 31.4 Å². The Bertz CT molecular complexity index is 1230. The minimum Gasteiger partial charge on any atom is -0.474 e. The maximum absolute atomic E-state index is 13.4. The van der Waals surface area contributed by atoms with E-state index in [1.165, 1.54) is 0 Å². The Morgan fingerprint density at radius 1 is 1.39 bits per heavy atom. The highest BCUT2D eigenvalue weighted by Gasteiger charge is 2.64. The Labute approximate surface area is 209 Å². The largest absolute Gasteiger partial charge is 0.474 e. The van der Waals surface area contributed by atoms with Gasteiger partial charge in [0.25, 0.3) is 5.91 Å². The highest BCUT2D eigenvalue weighted by atomic mass is 19.1. The Balaban J connectivity index is 1.38. The number of imidazole rings is 1. The molecule has 0 aromatic carbocycles. The number of aromatic nitrogens is 3. The zero-order chi connectivity index (χ0) is 25.5. The smallest absolute Gasteiger partial charge is 0.262 e. The molecule has 0 spiro atoms. The molecular formula is C26H32FN5O4. The molecule has 1 N–H and O–H groups in total. The summed E-state index contributed by atoms with van der Waals surface area (Å²) in [6, 6.07) is 0.281. The lowest BCUT2D eigenvalue weighted by molar-refractivity contribution is -0.116. The highest BCUT2D eigenvalue weighted by Crippen LogP contribution is 2.58. The Hall–Kier alpha value is -3.27. The summed E-state index contributed by atoms with van der Waals surface area (Å²) in [5.41, 5.74) is 0.709. The van der Waals surface area contributed by atoms with Crippen molar-refractivity contribution in [2.75, 3.05) is 13.3 Å². The van der Waals surface area contributed by atoms with Gasteiger partial charge in [-0.15, -0.1) is 0 Å². The third-order valence-electron chi connectivity index (χ3n) is 7.31. The van der Waals surface area contributed by atoms with Crippen LogP contribution in [0.2, 0.25) is 0 Å². The molecule has 192 valence electrons. The van der Waals surface area contributed by atoms with Crippen LogP contribution in [0, 0.1) is 0 Å². The molecule has 2 saturated carbocycles. The Morgan fingerprint density at radius 3 is 2.81 bits per heavy atom. The summed E-state index contributed by atoms with van der Waals surface area (Å²) in [4.78, 5) is 35.3. The zero-order valence-electron chi connectivity index (χ0n) is 20.9. The number of rotatable bonds is 11. The normalized spacial score (nSPS) is 26.2. The fourth-order valence-electron chi connectivity index (χ4n) is 4.94. The fourth-order valence-corrected chi connectivity index (χ4v) is 4.94. The summed E-state index contributed by atoms with van der Waals surface area (Å²) in [5, 5.41) is 2.87. The number of fused-ring (bicyclic) bond motifs is 2. The van der Waals surface area contributed by atoms with Crippen molar-refractivity contribution in [2.45, 2.75) is 76.0 Å². The van der Waals surface area contributed by atoms with Gasteiger partial charge >= 0.3 is 0 Å². The molecule has 0 radical (unpaired) electrons. The first-order valence-corrected chi connectivity index (χ1v) is 12.5. The van der Waals surface area contributed by atoms with Crippen LogP contribution in [-0.4, -0.2) is 62.6 Å². The highest BCUT2D eigenvalue weighted by molar-refractivity contribution is 5.97. The molecule has 2 bridgehead atoms. The van der Waals surface area contributed by atoms with Gasteiger partial charge in [-0.3, -0.25) is 14.0 Å². The second kappa shape index (κ2) is 9.31. The van der Waals surface area contributed by atoms with Crippen LogP contribution in [0.25, 0.3) is 5.78 Å². The quantitative estimate of drug-likeness (QED) is 0.377. The molecule has 2 aliphatic heterocycles. The van der Waals surface area contributed by atoms with E-state index in [1.54, 1.807) is 40.8 Å². The summed E-state index contributed by atoms with van der Waals surface area (Å²) < 4.78 is 26.8. The summed E-state index contributed by atoms with van der Waals surface area (Å²) in [5.74, 6) is 0.266. The summed E-state index contributed by atoms with van der Waals surface area (Å²) >= 11 is 0. The molecular weight excluding hydrogens is 465 g/mol. The van der Waals surface area contributed by atoms with Crippen molar-refractivity contribution in [1.29, 1.82) is 0 Å². The predicted octanol–water partition coefficient (Wildman–Crippen LogP) is 3.44. The minimum atomic E-state index is -0.668. The molecule has 2 aromatic rings. The average Bonchev–Trinajstić information content (AvgIpc) is 3.33. The van der Waals surface area contributed by atoms with Gasteiger partial charge in [-0.2, -0.15) is 4.98 Å². The third kappa shape index (κ3) is 4.50. The van der Waals surface area contributed by atoms with Crippen molar-refractivity contribution in [1.82, 2.24) is 24.6 Å². The number of carbonyl (C=O) groups excluding carboxylic acids is 2. The van der Waals surface area contributed by atoms with Gasteiger partial charge < -0.3 is 19.7 Å². The minimum absolute atomic E-state index is 0.143. The SMILES string of the molecule is CCC(C)Oc1nc2nc(C34COC(CF)(C3)C4)cn2cc1C(=O)N/C(C)=C/C=C\N(C=O)C1CC1. The first kappa shape index (κ1) is 24.4. The van der Waals surface area contributed by atoms with Gasteiger partial charge in [-0.1, -0.05) is 6.92 Å². The first-order chi connectivity index (χ1) is 17.3. The standard InChI is InChI=1S/C26H32FN5O4/c1-4-18(3)36-23-20(22(34)28-17(2)6-5-9-31(16-33)19-7-8-19)10-32-11-21(29-24(32)30-23)25-12-26(13-25,14-27)35-15-25/h5-6,9-11,16,18-19H,4,7-8,12-15H2,1-3H3,(H,28,34)/b9-5-,17-6+. The van der Waals surface area contributed by atoms with Crippen LogP contribution in [0.1, 0.15) is 68.9 Å². The Kier molecular flexibility index (Phi) is 6.32. The Morgan fingerprint density at radius 2 is 2.17 bits per heavy atom. The topological polar surface area (TPSA) is 98.1 Å². The number of allylic oxidation sites excluding steroid dienone is 3.